The van der Waals surface area contributed by atoms with E-state index in [2.05, 4.69) is 0 Å². The molecule has 1 atom stereocenters. The third kappa shape index (κ3) is 6.16. The SMILES string of the molecule is CC(C)C(C(=O)O)S(=O)(=O)CCSC(F)(F)F. The van der Waals surface area contributed by atoms with Crippen LogP contribution in [0.5, 0.6) is 0 Å². The number of sulfone groups is 1. The minimum Gasteiger partial charge on any atom is -0.480 e. The molecule has 0 aliphatic rings. The minimum atomic E-state index is -4.51. The van der Waals surface area contributed by atoms with Gasteiger partial charge in [-0.3, -0.25) is 4.79 Å². The van der Waals surface area contributed by atoms with E-state index in [0.717, 1.165) is 0 Å². The van der Waals surface area contributed by atoms with Gasteiger partial charge in [0, 0.05) is 5.75 Å². The van der Waals surface area contributed by atoms with E-state index in [1.54, 1.807) is 0 Å². The molecule has 0 bridgehead atoms. The molecule has 0 amide bonds. The van der Waals surface area contributed by atoms with Crippen molar-refractivity contribution < 1.29 is 31.5 Å². The predicted octanol–water partition coefficient (Wildman–Crippen LogP) is 1.76. The Bertz CT molecular complexity index is 361. The molecule has 0 aromatic rings. The number of hydrogen-bond acceptors (Lipinski definition) is 4. The Morgan fingerprint density at radius 3 is 2.12 bits per heavy atom. The van der Waals surface area contributed by atoms with E-state index in [1.807, 2.05) is 0 Å². The number of hydrogen-bond donors (Lipinski definition) is 1. The van der Waals surface area contributed by atoms with E-state index in [-0.39, 0.29) is 0 Å². The van der Waals surface area contributed by atoms with E-state index >= 15 is 0 Å². The van der Waals surface area contributed by atoms with Gasteiger partial charge in [0.25, 0.3) is 0 Å². The summed E-state index contributed by atoms with van der Waals surface area (Å²) in [6.07, 6.45) is 0. The molecule has 17 heavy (non-hydrogen) atoms. The van der Waals surface area contributed by atoms with Gasteiger partial charge in [-0.25, -0.2) is 8.42 Å². The van der Waals surface area contributed by atoms with Crippen LogP contribution < -0.4 is 0 Å². The summed E-state index contributed by atoms with van der Waals surface area (Å²) in [6.45, 7) is 2.79. The molecule has 0 aromatic carbocycles. The fraction of sp³-hybridized carbons (Fsp3) is 0.875. The summed E-state index contributed by atoms with van der Waals surface area (Å²) in [5.41, 5.74) is -4.51. The smallest absolute Gasteiger partial charge is 0.441 e. The van der Waals surface area contributed by atoms with Crippen LogP contribution in [-0.2, 0) is 14.6 Å². The van der Waals surface area contributed by atoms with Crippen molar-refractivity contribution in [1.29, 1.82) is 0 Å². The van der Waals surface area contributed by atoms with Crippen LogP contribution in [0.3, 0.4) is 0 Å². The molecule has 9 heteroatoms. The quantitative estimate of drug-likeness (QED) is 0.808. The Kier molecular flexibility index (Phi) is 5.79. The minimum absolute atomic E-state index is 0.471. The zero-order valence-corrected chi connectivity index (χ0v) is 10.8. The van der Waals surface area contributed by atoms with Gasteiger partial charge < -0.3 is 5.11 Å². The maximum atomic E-state index is 11.8. The molecule has 1 unspecified atom stereocenters. The molecule has 0 heterocycles. The van der Waals surface area contributed by atoms with Crippen molar-refractivity contribution in [3.63, 3.8) is 0 Å². The fourth-order valence-electron chi connectivity index (χ4n) is 1.25. The Morgan fingerprint density at radius 1 is 1.35 bits per heavy atom. The molecule has 0 saturated carbocycles. The van der Waals surface area contributed by atoms with Crippen LogP contribution in [0.4, 0.5) is 13.2 Å². The lowest BCUT2D eigenvalue weighted by molar-refractivity contribution is -0.137. The number of alkyl halides is 3. The number of thioether (sulfide) groups is 1. The normalized spacial score (nSPS) is 14.9. The topological polar surface area (TPSA) is 71.4 Å². The average Bonchev–Trinajstić information content (AvgIpc) is 1.96. The Labute approximate surface area is 101 Å². The first kappa shape index (κ1) is 16.6. The summed E-state index contributed by atoms with van der Waals surface area (Å²) in [5, 5.41) is 7.07. The first-order valence-electron chi connectivity index (χ1n) is 4.62. The van der Waals surface area contributed by atoms with E-state index in [4.69, 9.17) is 5.11 Å². The molecule has 4 nitrogen and oxygen atoms in total. The molecular formula is C8H13F3O4S2. The van der Waals surface area contributed by atoms with Crippen LogP contribution in [-0.4, -0.2) is 41.8 Å². The summed E-state index contributed by atoms with van der Waals surface area (Å²) in [6, 6.07) is 0. The lowest BCUT2D eigenvalue weighted by Crippen LogP contribution is -2.37. The van der Waals surface area contributed by atoms with Gasteiger partial charge in [-0.15, -0.1) is 0 Å². The van der Waals surface area contributed by atoms with Crippen LogP contribution >= 0.6 is 11.8 Å². The second-order valence-electron chi connectivity index (χ2n) is 3.66. The third-order valence-electron chi connectivity index (χ3n) is 1.87. The molecule has 0 rings (SSSR count). The molecule has 0 fully saturated rings. The van der Waals surface area contributed by atoms with Crippen LogP contribution in [0.15, 0.2) is 0 Å². The van der Waals surface area contributed by atoms with Gasteiger partial charge in [-0.2, -0.15) is 13.2 Å². The van der Waals surface area contributed by atoms with Gasteiger partial charge in [0.1, 0.15) is 0 Å². The van der Waals surface area contributed by atoms with E-state index < -0.39 is 55.8 Å². The molecule has 0 aliphatic heterocycles. The van der Waals surface area contributed by atoms with E-state index in [0.29, 0.717) is 0 Å². The number of carboxylic acids is 1. The molecule has 0 aromatic heterocycles. The molecule has 0 saturated heterocycles. The van der Waals surface area contributed by atoms with Crippen LogP contribution in [0, 0.1) is 5.92 Å². The second kappa shape index (κ2) is 5.94. The van der Waals surface area contributed by atoms with Gasteiger partial charge >= 0.3 is 11.5 Å². The highest BCUT2D eigenvalue weighted by atomic mass is 32.2. The molecule has 0 aliphatic carbocycles. The van der Waals surface area contributed by atoms with Crippen molar-refractivity contribution in [2.75, 3.05) is 11.5 Å². The van der Waals surface area contributed by atoms with E-state index in [1.165, 1.54) is 13.8 Å². The Balaban J connectivity index is 4.62. The average molecular weight is 294 g/mol. The van der Waals surface area contributed by atoms with Crippen molar-refractivity contribution in [3.05, 3.63) is 0 Å². The number of aliphatic carboxylic acids is 1. The van der Waals surface area contributed by atoms with Crippen molar-refractivity contribution in [2.24, 2.45) is 5.92 Å². The maximum absolute atomic E-state index is 11.8. The zero-order valence-electron chi connectivity index (χ0n) is 9.19. The van der Waals surface area contributed by atoms with Gasteiger partial charge in [-0.05, 0) is 17.7 Å². The van der Waals surface area contributed by atoms with Crippen LogP contribution in [0.25, 0.3) is 0 Å². The number of halogens is 3. The lowest BCUT2D eigenvalue weighted by atomic mass is 10.1. The summed E-state index contributed by atoms with van der Waals surface area (Å²) in [7, 11) is -4.06. The molecule has 1 N–H and O–H groups in total. The molecular weight excluding hydrogens is 281 g/mol. The number of carbonyl (C=O) groups is 1. The Hall–Kier alpha value is -0.440. The van der Waals surface area contributed by atoms with Gasteiger partial charge in [0.15, 0.2) is 15.1 Å². The maximum Gasteiger partial charge on any atom is 0.441 e. The first-order valence-corrected chi connectivity index (χ1v) is 7.32. The third-order valence-corrected chi connectivity index (χ3v) is 5.16. The molecule has 0 radical (unpaired) electrons. The lowest BCUT2D eigenvalue weighted by Gasteiger charge is -2.16. The Morgan fingerprint density at radius 2 is 1.82 bits per heavy atom. The standard InChI is InChI=1S/C8H13F3O4S2/c1-5(2)6(7(12)13)17(14,15)4-3-16-8(9,10)11/h5-6H,3-4H2,1-2H3,(H,12,13). The zero-order chi connectivity index (χ0) is 13.9. The summed E-state index contributed by atoms with van der Waals surface area (Å²) >= 11 is -0.471. The van der Waals surface area contributed by atoms with Gasteiger partial charge in [0.2, 0.25) is 0 Å². The molecule has 102 valence electrons. The number of rotatable bonds is 6. The van der Waals surface area contributed by atoms with Gasteiger partial charge in [0.05, 0.1) is 5.75 Å². The van der Waals surface area contributed by atoms with Crippen LogP contribution in [0.1, 0.15) is 13.8 Å². The largest absolute Gasteiger partial charge is 0.480 e. The highest BCUT2D eigenvalue weighted by molar-refractivity contribution is 8.01. The van der Waals surface area contributed by atoms with Crippen LogP contribution in [0.2, 0.25) is 0 Å². The number of carboxylic acid groups (broad SMARTS) is 1. The van der Waals surface area contributed by atoms with Crippen molar-refractivity contribution >= 4 is 27.6 Å². The summed E-state index contributed by atoms with van der Waals surface area (Å²) in [4.78, 5) is 10.7. The summed E-state index contributed by atoms with van der Waals surface area (Å²) in [5.74, 6) is -3.71. The first-order chi connectivity index (χ1) is 7.47. The van der Waals surface area contributed by atoms with Gasteiger partial charge in [-0.1, -0.05) is 13.8 Å². The molecule has 0 spiro atoms. The highest BCUT2D eigenvalue weighted by Gasteiger charge is 2.36. The monoisotopic (exact) mass is 294 g/mol. The predicted molar refractivity (Wildman–Crippen MR) is 58.6 cm³/mol. The van der Waals surface area contributed by atoms with Crippen molar-refractivity contribution in [3.8, 4) is 0 Å². The van der Waals surface area contributed by atoms with E-state index in [9.17, 15) is 26.4 Å². The summed E-state index contributed by atoms with van der Waals surface area (Å²) < 4.78 is 58.5. The van der Waals surface area contributed by atoms with Crippen molar-refractivity contribution in [1.82, 2.24) is 0 Å². The second-order valence-corrected chi connectivity index (χ2v) is 7.07. The highest BCUT2D eigenvalue weighted by Crippen LogP contribution is 2.30. The fourth-order valence-corrected chi connectivity index (χ4v) is 4.14. The van der Waals surface area contributed by atoms with Crippen molar-refractivity contribution in [2.45, 2.75) is 24.6 Å².